The van der Waals surface area contributed by atoms with Crippen molar-refractivity contribution in [1.82, 2.24) is 5.32 Å². The number of aryl methyl sites for hydroxylation is 1. The van der Waals surface area contributed by atoms with E-state index in [4.69, 9.17) is 5.11 Å². The Morgan fingerprint density at radius 2 is 1.82 bits per heavy atom. The molecule has 6 nitrogen and oxygen atoms in total. The Kier molecular flexibility index (Phi) is 7.40. The quantitative estimate of drug-likeness (QED) is 0.336. The van der Waals surface area contributed by atoms with Gasteiger partial charge in [-0.05, 0) is 87.5 Å². The van der Waals surface area contributed by atoms with Crippen molar-refractivity contribution in [2.75, 3.05) is 0 Å². The molecule has 2 aromatic heterocycles. The Balaban J connectivity index is 1.39. The summed E-state index contributed by atoms with van der Waals surface area (Å²) in [6, 6.07) is 6.64. The van der Waals surface area contributed by atoms with Crippen LogP contribution in [0.15, 0.2) is 44.8 Å². The SMILES string of the molecule is Cc1ccc(S(=O)(=O)c2ccc(C(=O)NC3C4CCC(C4)C3CC=CCCCC(=O)O)s2)s1. The van der Waals surface area contributed by atoms with Crippen LogP contribution in [0.25, 0.3) is 0 Å². The number of carbonyl (C=O) groups excluding carboxylic acids is 1. The van der Waals surface area contributed by atoms with Crippen LogP contribution in [0.2, 0.25) is 0 Å². The van der Waals surface area contributed by atoms with E-state index in [1.165, 1.54) is 23.8 Å². The van der Waals surface area contributed by atoms with E-state index in [1.54, 1.807) is 18.2 Å². The van der Waals surface area contributed by atoms with Gasteiger partial charge in [-0.2, -0.15) is 0 Å². The molecule has 0 saturated heterocycles. The van der Waals surface area contributed by atoms with E-state index in [9.17, 15) is 18.0 Å². The maximum atomic E-state index is 13.0. The number of fused-ring (bicyclic) bond motifs is 2. The lowest BCUT2D eigenvalue weighted by Crippen LogP contribution is -2.43. The van der Waals surface area contributed by atoms with Crippen molar-refractivity contribution < 1.29 is 23.1 Å². The summed E-state index contributed by atoms with van der Waals surface area (Å²) in [4.78, 5) is 25.0. The van der Waals surface area contributed by atoms with Gasteiger partial charge in [0.1, 0.15) is 8.42 Å². The van der Waals surface area contributed by atoms with Crippen molar-refractivity contribution in [3.05, 3.63) is 46.2 Å². The van der Waals surface area contributed by atoms with Crippen LogP contribution in [0.5, 0.6) is 0 Å². The van der Waals surface area contributed by atoms with Crippen LogP contribution in [-0.2, 0) is 14.6 Å². The number of carboxylic acid groups (broad SMARTS) is 1. The Hall–Kier alpha value is -1.97. The lowest BCUT2D eigenvalue weighted by molar-refractivity contribution is -0.137. The minimum atomic E-state index is -3.59. The summed E-state index contributed by atoms with van der Waals surface area (Å²) in [6.45, 7) is 1.87. The number of sulfone groups is 1. The monoisotopic (exact) mass is 507 g/mol. The van der Waals surface area contributed by atoms with Crippen LogP contribution in [0.4, 0.5) is 0 Å². The standard InChI is InChI=1S/C24H29NO5S3/c1-15-8-12-21(31-15)33(29,30)22-13-11-19(32-22)24(28)25-23-17-10-9-16(14-17)18(23)6-4-2-3-5-7-20(26)27/h2,4,8,11-13,16-18,23H,3,5-7,9-10,14H2,1H3,(H,25,28)(H,26,27). The molecule has 0 radical (unpaired) electrons. The van der Waals surface area contributed by atoms with Crippen LogP contribution >= 0.6 is 22.7 Å². The fraction of sp³-hybridized carbons (Fsp3) is 0.500. The third-order valence-electron chi connectivity index (χ3n) is 6.77. The lowest BCUT2D eigenvalue weighted by Gasteiger charge is -2.31. The summed E-state index contributed by atoms with van der Waals surface area (Å²) in [5.74, 6) is 0.485. The van der Waals surface area contributed by atoms with Crippen molar-refractivity contribution in [3.8, 4) is 0 Å². The number of hydrogen-bond acceptors (Lipinski definition) is 6. The molecule has 2 fully saturated rings. The van der Waals surface area contributed by atoms with Crippen LogP contribution < -0.4 is 5.32 Å². The molecular formula is C24H29NO5S3. The summed E-state index contributed by atoms with van der Waals surface area (Å²) >= 11 is 2.27. The van der Waals surface area contributed by atoms with Gasteiger partial charge in [0.15, 0.2) is 0 Å². The molecule has 0 spiro atoms. The van der Waals surface area contributed by atoms with Crippen molar-refractivity contribution in [1.29, 1.82) is 0 Å². The molecule has 2 aliphatic carbocycles. The maximum Gasteiger partial charge on any atom is 0.303 e. The lowest BCUT2D eigenvalue weighted by atomic mass is 9.82. The van der Waals surface area contributed by atoms with Crippen LogP contribution in [0.3, 0.4) is 0 Å². The average Bonchev–Trinajstić information content (AvgIpc) is 3.55. The first-order chi connectivity index (χ1) is 15.8. The number of aliphatic carboxylic acids is 1. The van der Waals surface area contributed by atoms with E-state index in [-0.39, 0.29) is 22.6 Å². The molecule has 0 aromatic carbocycles. The van der Waals surface area contributed by atoms with Gasteiger partial charge in [-0.15, -0.1) is 22.7 Å². The van der Waals surface area contributed by atoms with E-state index < -0.39 is 15.8 Å². The van der Waals surface area contributed by atoms with Crippen molar-refractivity contribution in [2.24, 2.45) is 17.8 Å². The van der Waals surface area contributed by atoms with E-state index in [0.29, 0.717) is 33.3 Å². The third-order valence-corrected chi connectivity index (χ3v) is 11.6. The van der Waals surface area contributed by atoms with E-state index in [0.717, 1.165) is 41.9 Å². The van der Waals surface area contributed by atoms with Crippen LogP contribution in [0.1, 0.15) is 59.5 Å². The molecule has 2 aliphatic rings. The van der Waals surface area contributed by atoms with E-state index in [2.05, 4.69) is 17.5 Å². The van der Waals surface area contributed by atoms with Crippen molar-refractivity contribution in [2.45, 2.75) is 66.3 Å². The maximum absolute atomic E-state index is 13.0. The number of allylic oxidation sites excluding steroid dienone is 2. The van der Waals surface area contributed by atoms with E-state index >= 15 is 0 Å². The molecule has 2 aromatic rings. The van der Waals surface area contributed by atoms with Crippen molar-refractivity contribution >= 4 is 44.4 Å². The molecule has 2 bridgehead atoms. The van der Waals surface area contributed by atoms with Gasteiger partial charge in [-0.3, -0.25) is 9.59 Å². The zero-order chi connectivity index (χ0) is 23.6. The predicted octanol–water partition coefficient (Wildman–Crippen LogP) is 5.30. The highest BCUT2D eigenvalue weighted by Crippen LogP contribution is 2.50. The highest BCUT2D eigenvalue weighted by molar-refractivity contribution is 7.95. The summed E-state index contributed by atoms with van der Waals surface area (Å²) in [7, 11) is -3.59. The van der Waals surface area contributed by atoms with Gasteiger partial charge < -0.3 is 10.4 Å². The zero-order valence-electron chi connectivity index (χ0n) is 18.5. The molecule has 4 rings (SSSR count). The summed E-state index contributed by atoms with van der Waals surface area (Å²) < 4.78 is 26.2. The summed E-state index contributed by atoms with van der Waals surface area (Å²) in [5, 5.41) is 12.0. The van der Waals surface area contributed by atoms with Gasteiger partial charge in [0.05, 0.1) is 4.88 Å². The van der Waals surface area contributed by atoms with E-state index in [1.807, 2.05) is 6.92 Å². The number of nitrogens with one attached hydrogen (secondary N) is 1. The van der Waals surface area contributed by atoms with Gasteiger partial charge in [-0.1, -0.05) is 12.2 Å². The topological polar surface area (TPSA) is 101 Å². The van der Waals surface area contributed by atoms with Crippen LogP contribution in [-0.4, -0.2) is 31.4 Å². The second-order valence-corrected chi connectivity index (χ2v) is 13.8. The second-order valence-electron chi connectivity index (χ2n) is 8.98. The largest absolute Gasteiger partial charge is 0.481 e. The summed E-state index contributed by atoms with van der Waals surface area (Å²) in [5.41, 5.74) is 0. The van der Waals surface area contributed by atoms with Gasteiger partial charge in [0.25, 0.3) is 5.91 Å². The zero-order valence-corrected chi connectivity index (χ0v) is 21.0. The number of rotatable bonds is 10. The molecule has 2 heterocycles. The third kappa shape index (κ3) is 5.41. The van der Waals surface area contributed by atoms with Gasteiger partial charge >= 0.3 is 5.97 Å². The van der Waals surface area contributed by atoms with Gasteiger partial charge in [0.2, 0.25) is 9.84 Å². The molecule has 2 N–H and O–H groups in total. The summed E-state index contributed by atoms with van der Waals surface area (Å²) in [6.07, 6.45) is 10.1. The molecule has 9 heteroatoms. The number of hydrogen-bond donors (Lipinski definition) is 2. The highest BCUT2D eigenvalue weighted by atomic mass is 32.3. The molecule has 0 aliphatic heterocycles. The number of unbranched alkanes of at least 4 members (excludes halogenated alkanes) is 1. The smallest absolute Gasteiger partial charge is 0.303 e. The second kappa shape index (κ2) is 10.1. The Morgan fingerprint density at radius 3 is 2.55 bits per heavy atom. The number of thiophene rings is 2. The van der Waals surface area contributed by atoms with Gasteiger partial charge in [-0.25, -0.2) is 8.42 Å². The molecule has 178 valence electrons. The molecule has 4 unspecified atom stereocenters. The number of carbonyl (C=O) groups is 2. The average molecular weight is 508 g/mol. The normalized spacial score (nSPS) is 24.5. The van der Waals surface area contributed by atoms with Gasteiger partial charge in [0, 0.05) is 17.3 Å². The predicted molar refractivity (Wildman–Crippen MR) is 130 cm³/mol. The number of amides is 1. The Bertz CT molecular complexity index is 1150. The first kappa shape index (κ1) is 24.2. The highest BCUT2D eigenvalue weighted by Gasteiger charge is 2.47. The molecule has 4 atom stereocenters. The fourth-order valence-electron chi connectivity index (χ4n) is 5.18. The first-order valence-electron chi connectivity index (χ1n) is 11.3. The fourth-order valence-corrected chi connectivity index (χ4v) is 9.34. The minimum absolute atomic E-state index is 0.0991. The Labute approximate surface area is 202 Å². The molecular weight excluding hydrogens is 478 g/mol. The number of carboxylic acids is 1. The molecule has 33 heavy (non-hydrogen) atoms. The Morgan fingerprint density at radius 1 is 1.09 bits per heavy atom. The van der Waals surface area contributed by atoms with Crippen molar-refractivity contribution in [3.63, 3.8) is 0 Å². The first-order valence-corrected chi connectivity index (χ1v) is 14.5. The molecule has 1 amide bonds. The van der Waals surface area contributed by atoms with Crippen LogP contribution in [0, 0.1) is 24.7 Å². The minimum Gasteiger partial charge on any atom is -0.481 e. The molecule has 2 saturated carbocycles.